The molecule has 61 heavy (non-hydrogen) atoms. The van der Waals surface area contributed by atoms with Crippen LogP contribution in [0.5, 0.6) is 0 Å². The van der Waals surface area contributed by atoms with E-state index in [-0.39, 0.29) is 19.4 Å². The van der Waals surface area contributed by atoms with E-state index in [2.05, 4.69) is 60.9 Å². The molecule has 0 aromatic rings. The lowest BCUT2D eigenvalue weighted by Gasteiger charge is -2.20. The Morgan fingerprint density at radius 1 is 0.607 bits per heavy atom. The zero-order valence-electron chi connectivity index (χ0n) is 37.7. The third-order valence-corrected chi connectivity index (χ3v) is 11.1. The number of aliphatic carboxylic acids is 1. The smallest absolute Gasteiger partial charge is 0.472 e. The van der Waals surface area contributed by atoms with Crippen molar-refractivity contribution in [1.29, 1.82) is 0 Å². The van der Waals surface area contributed by atoms with Crippen molar-refractivity contribution in [2.24, 2.45) is 5.73 Å². The molecule has 0 radical (unpaired) electrons. The maximum atomic E-state index is 12.6. The van der Waals surface area contributed by atoms with Gasteiger partial charge in [-0.2, -0.15) is 0 Å². The molecule has 1 aliphatic heterocycles. The molecule has 13 heteroatoms. The molecule has 1 aliphatic rings. The Hall–Kier alpha value is -2.86. The topological polar surface area (TPSA) is 184 Å². The summed E-state index contributed by atoms with van der Waals surface area (Å²) in [5.74, 6) is -2.49. The highest BCUT2D eigenvalue weighted by Crippen LogP contribution is 2.43. The minimum atomic E-state index is -4.74. The number of unbranched alkanes of at least 4 members (excludes halogenated alkanes) is 16. The molecule has 0 spiro atoms. The maximum absolute atomic E-state index is 12.6. The third kappa shape index (κ3) is 36.3. The Morgan fingerprint density at radius 2 is 1.07 bits per heavy atom. The second-order valence-corrected chi connectivity index (χ2v) is 17.4. The molecule has 0 aromatic carbocycles. The molecule has 0 amide bonds. The fourth-order valence-electron chi connectivity index (χ4n) is 6.43. The highest BCUT2D eigenvalue weighted by Gasteiger charge is 2.36. The average molecular weight is 880 g/mol. The summed E-state index contributed by atoms with van der Waals surface area (Å²) < 4.78 is 38.4. The van der Waals surface area contributed by atoms with E-state index in [4.69, 9.17) is 29.6 Å². The van der Waals surface area contributed by atoms with E-state index in [0.717, 1.165) is 51.4 Å². The van der Waals surface area contributed by atoms with Gasteiger partial charge in [-0.15, -0.1) is 0 Å². The predicted octanol–water partition coefficient (Wildman–Crippen LogP) is 11.7. The Kier molecular flexibility index (Phi) is 35.7. The number of carbonyl (C=O) groups is 3. The highest BCUT2D eigenvalue weighted by molar-refractivity contribution is 7.47. The molecule has 1 fully saturated rings. The number of hydrogen-bond donors (Lipinski definition) is 3. The van der Waals surface area contributed by atoms with Crippen molar-refractivity contribution >= 4 is 25.7 Å². The fraction of sp³-hybridized carbons (Fsp3) is 0.729. The van der Waals surface area contributed by atoms with Crippen LogP contribution in [0.2, 0.25) is 0 Å². The number of carboxylic acid groups (broad SMARTS) is 1. The lowest BCUT2D eigenvalue weighted by atomic mass is 10.0. The van der Waals surface area contributed by atoms with E-state index in [1.54, 1.807) is 0 Å². The fourth-order valence-corrected chi connectivity index (χ4v) is 7.21. The van der Waals surface area contributed by atoms with Crippen molar-refractivity contribution < 1.29 is 52.2 Å². The quantitative estimate of drug-likeness (QED) is 0.0174. The van der Waals surface area contributed by atoms with Crippen LogP contribution in [0.15, 0.2) is 60.8 Å². The van der Waals surface area contributed by atoms with E-state index in [1.807, 2.05) is 18.2 Å². The zero-order valence-corrected chi connectivity index (χ0v) is 38.6. The zero-order chi connectivity index (χ0) is 44.7. The normalized spacial score (nSPS) is 17.5. The van der Waals surface area contributed by atoms with Crippen LogP contribution in [0, 0.1) is 0 Å². The number of carbonyl (C=O) groups excluding carboxylic acids is 2. The van der Waals surface area contributed by atoms with Crippen LogP contribution >= 0.6 is 7.82 Å². The van der Waals surface area contributed by atoms with Crippen LogP contribution in [0.25, 0.3) is 0 Å². The molecular formula is C48H82NO11P. The minimum absolute atomic E-state index is 0.0321. The molecular weight excluding hydrogens is 797 g/mol. The molecule has 0 bridgehead atoms. The van der Waals surface area contributed by atoms with Crippen LogP contribution in [0.1, 0.15) is 181 Å². The molecule has 3 unspecified atom stereocenters. The van der Waals surface area contributed by atoms with Crippen LogP contribution in [0.3, 0.4) is 0 Å². The SMILES string of the molecule is CC/C=C\CC1OC1C/C=C\C/C=C\C/C=C\C/C=C\CCC(=O)O[C@H](COC(=O)CCCCCCCCCCCCCCCCCCC)COP(=O)(O)OC[C@H](N)C(=O)O. The monoisotopic (exact) mass is 880 g/mol. The largest absolute Gasteiger partial charge is 0.480 e. The molecule has 1 heterocycles. The van der Waals surface area contributed by atoms with E-state index >= 15 is 0 Å². The minimum Gasteiger partial charge on any atom is -0.480 e. The van der Waals surface area contributed by atoms with Gasteiger partial charge >= 0.3 is 25.7 Å². The van der Waals surface area contributed by atoms with Crippen molar-refractivity contribution in [3.8, 4) is 0 Å². The standard InChI is InChI=1S/C48H82NO11P/c1-3-5-7-8-9-10-11-12-13-14-15-16-20-23-26-29-33-37-46(50)56-39-42(40-57-61(54,55)58-41-43(49)48(52)53)59-47(51)38-34-30-27-24-21-18-17-19-22-25-28-32-36-45-44(60-45)35-31-6-4-2/h6,18-19,21-22,27-28,30-32,42-45H,3-5,7-17,20,23-26,29,33-41,49H2,1-2H3,(H,52,53)(H,54,55)/b21-18-,22-19-,30-27-,31-6-,32-28-/t42-,43+,44?,45?/m1/s1. The first kappa shape index (κ1) is 56.2. The summed E-state index contributed by atoms with van der Waals surface area (Å²) in [5.41, 5.74) is 5.34. The Balaban J connectivity index is 2.30. The molecule has 0 saturated carbocycles. The van der Waals surface area contributed by atoms with Crippen LogP contribution in [0.4, 0.5) is 0 Å². The highest BCUT2D eigenvalue weighted by atomic mass is 31.2. The number of ether oxygens (including phenoxy) is 3. The molecule has 0 aliphatic carbocycles. The summed E-state index contributed by atoms with van der Waals surface area (Å²) in [5, 5.41) is 8.90. The molecule has 1 saturated heterocycles. The van der Waals surface area contributed by atoms with Gasteiger partial charge in [0.1, 0.15) is 12.6 Å². The lowest BCUT2D eigenvalue weighted by Crippen LogP contribution is -2.34. The average Bonchev–Trinajstić information content (AvgIpc) is 3.99. The Morgan fingerprint density at radius 3 is 1.57 bits per heavy atom. The molecule has 350 valence electrons. The van der Waals surface area contributed by atoms with Crippen LogP contribution in [-0.2, 0) is 42.2 Å². The molecule has 1 rings (SSSR count). The summed E-state index contributed by atoms with van der Waals surface area (Å²) in [6, 6.07) is -1.54. The summed E-state index contributed by atoms with van der Waals surface area (Å²) in [6.07, 6.45) is 47.7. The summed E-state index contributed by atoms with van der Waals surface area (Å²) >= 11 is 0. The van der Waals surface area contributed by atoms with Gasteiger partial charge in [0.2, 0.25) is 0 Å². The Bertz CT molecular complexity index is 1330. The van der Waals surface area contributed by atoms with Gasteiger partial charge in [-0.1, -0.05) is 177 Å². The number of carboxylic acids is 1. The van der Waals surface area contributed by atoms with E-state index in [1.165, 1.54) is 83.5 Å². The first-order valence-corrected chi connectivity index (χ1v) is 24.9. The van der Waals surface area contributed by atoms with Gasteiger partial charge in [-0.3, -0.25) is 23.4 Å². The maximum Gasteiger partial charge on any atom is 0.472 e. The number of hydrogen-bond acceptors (Lipinski definition) is 10. The third-order valence-electron chi connectivity index (χ3n) is 10.2. The molecule has 12 nitrogen and oxygen atoms in total. The van der Waals surface area contributed by atoms with Crippen molar-refractivity contribution in [3.63, 3.8) is 0 Å². The van der Waals surface area contributed by atoms with Gasteiger partial charge in [0, 0.05) is 12.8 Å². The van der Waals surface area contributed by atoms with Crippen LogP contribution in [-0.4, -0.2) is 72.1 Å². The van der Waals surface area contributed by atoms with Gasteiger partial charge in [0.05, 0.1) is 25.4 Å². The van der Waals surface area contributed by atoms with E-state index in [0.29, 0.717) is 31.5 Å². The first-order valence-electron chi connectivity index (χ1n) is 23.4. The van der Waals surface area contributed by atoms with Gasteiger partial charge in [0.15, 0.2) is 6.10 Å². The van der Waals surface area contributed by atoms with Crippen molar-refractivity contribution in [1.82, 2.24) is 0 Å². The predicted molar refractivity (Wildman–Crippen MR) is 244 cm³/mol. The van der Waals surface area contributed by atoms with Crippen molar-refractivity contribution in [2.45, 2.75) is 205 Å². The van der Waals surface area contributed by atoms with Crippen molar-refractivity contribution in [3.05, 3.63) is 60.8 Å². The lowest BCUT2D eigenvalue weighted by molar-refractivity contribution is -0.161. The molecule has 4 N–H and O–H groups in total. The first-order chi connectivity index (χ1) is 29.6. The number of phosphoric ester groups is 1. The van der Waals surface area contributed by atoms with Gasteiger partial charge in [-0.25, -0.2) is 4.57 Å². The van der Waals surface area contributed by atoms with Gasteiger partial charge < -0.3 is 29.9 Å². The number of rotatable bonds is 42. The second kappa shape index (κ2) is 38.8. The molecule has 0 aromatic heterocycles. The molecule has 5 atom stereocenters. The van der Waals surface area contributed by atoms with Crippen LogP contribution < -0.4 is 5.73 Å². The number of phosphoric acid groups is 1. The second-order valence-electron chi connectivity index (χ2n) is 15.9. The number of epoxide rings is 1. The van der Waals surface area contributed by atoms with E-state index < -0.39 is 51.1 Å². The van der Waals surface area contributed by atoms with Crippen molar-refractivity contribution in [2.75, 3.05) is 19.8 Å². The van der Waals surface area contributed by atoms with E-state index in [9.17, 15) is 23.8 Å². The number of allylic oxidation sites excluding steroid dienone is 8. The number of nitrogens with two attached hydrogens (primary N) is 1. The Labute approximate surface area is 368 Å². The summed E-state index contributed by atoms with van der Waals surface area (Å²) in [6.45, 7) is 2.62. The van der Waals surface area contributed by atoms with Gasteiger partial charge in [-0.05, 0) is 51.4 Å². The number of esters is 2. The van der Waals surface area contributed by atoms with Gasteiger partial charge in [0.25, 0.3) is 0 Å². The summed E-state index contributed by atoms with van der Waals surface area (Å²) in [7, 11) is -4.74. The summed E-state index contributed by atoms with van der Waals surface area (Å²) in [4.78, 5) is 46.0.